The minimum atomic E-state index is 0.122. The fourth-order valence-corrected chi connectivity index (χ4v) is 0.549. The molecular formula is C9H13Br. The SMILES string of the molecule is CC(C)(C)C#C/C=C/CBr. The second kappa shape index (κ2) is 4.57. The second-order valence-electron chi connectivity index (χ2n) is 3.08. The summed E-state index contributed by atoms with van der Waals surface area (Å²) in [5.41, 5.74) is 0.122. The van der Waals surface area contributed by atoms with E-state index in [1.807, 2.05) is 12.2 Å². The predicted octanol–water partition coefficient (Wildman–Crippen LogP) is 2.99. The van der Waals surface area contributed by atoms with Crippen LogP contribution >= 0.6 is 15.9 Å². The molecule has 0 radical (unpaired) electrons. The summed E-state index contributed by atoms with van der Waals surface area (Å²) in [6, 6.07) is 0. The highest BCUT2D eigenvalue weighted by Crippen LogP contribution is 2.09. The van der Waals surface area contributed by atoms with E-state index in [2.05, 4.69) is 48.5 Å². The molecule has 0 aromatic rings. The summed E-state index contributed by atoms with van der Waals surface area (Å²) in [5.74, 6) is 6.06. The van der Waals surface area contributed by atoms with Gasteiger partial charge in [0.1, 0.15) is 0 Å². The third kappa shape index (κ3) is 7.78. The summed E-state index contributed by atoms with van der Waals surface area (Å²) in [6.07, 6.45) is 3.86. The number of rotatable bonds is 1. The first-order valence-electron chi connectivity index (χ1n) is 3.30. The first-order chi connectivity index (χ1) is 4.56. The zero-order valence-electron chi connectivity index (χ0n) is 6.74. The van der Waals surface area contributed by atoms with Crippen LogP contribution in [0.5, 0.6) is 0 Å². The van der Waals surface area contributed by atoms with E-state index in [1.165, 1.54) is 0 Å². The Morgan fingerprint density at radius 3 is 2.40 bits per heavy atom. The second-order valence-corrected chi connectivity index (χ2v) is 3.72. The molecule has 0 rings (SSSR count). The van der Waals surface area contributed by atoms with Crippen LogP contribution in [0.4, 0.5) is 0 Å². The van der Waals surface area contributed by atoms with Crippen LogP contribution in [0.15, 0.2) is 12.2 Å². The maximum atomic E-state index is 3.28. The fraction of sp³-hybridized carbons (Fsp3) is 0.556. The highest BCUT2D eigenvalue weighted by Gasteiger charge is 2.01. The van der Waals surface area contributed by atoms with Gasteiger partial charge in [-0.3, -0.25) is 0 Å². The lowest BCUT2D eigenvalue weighted by Gasteiger charge is -2.05. The van der Waals surface area contributed by atoms with Gasteiger partial charge in [-0.2, -0.15) is 0 Å². The van der Waals surface area contributed by atoms with Gasteiger partial charge in [0.2, 0.25) is 0 Å². The minimum absolute atomic E-state index is 0.122. The first kappa shape index (κ1) is 9.78. The Hall–Kier alpha value is -0.220. The summed E-state index contributed by atoms with van der Waals surface area (Å²) >= 11 is 3.28. The quantitative estimate of drug-likeness (QED) is 0.452. The van der Waals surface area contributed by atoms with Crippen molar-refractivity contribution in [1.29, 1.82) is 0 Å². The van der Waals surface area contributed by atoms with Crippen LogP contribution in [0.3, 0.4) is 0 Å². The highest BCUT2D eigenvalue weighted by atomic mass is 79.9. The van der Waals surface area contributed by atoms with Crippen molar-refractivity contribution in [1.82, 2.24) is 0 Å². The zero-order valence-corrected chi connectivity index (χ0v) is 8.33. The molecule has 0 aromatic heterocycles. The molecule has 0 unspecified atom stereocenters. The molecule has 0 saturated carbocycles. The lowest BCUT2D eigenvalue weighted by atomic mass is 9.98. The van der Waals surface area contributed by atoms with E-state index < -0.39 is 0 Å². The van der Waals surface area contributed by atoms with Gasteiger partial charge >= 0.3 is 0 Å². The zero-order chi connectivity index (χ0) is 8.04. The first-order valence-corrected chi connectivity index (χ1v) is 4.42. The third-order valence-electron chi connectivity index (χ3n) is 0.737. The van der Waals surface area contributed by atoms with Crippen LogP contribution in [0.2, 0.25) is 0 Å². The average Bonchev–Trinajstić information content (AvgIpc) is 1.78. The van der Waals surface area contributed by atoms with E-state index >= 15 is 0 Å². The molecule has 10 heavy (non-hydrogen) atoms. The fourth-order valence-electron chi connectivity index (χ4n) is 0.362. The predicted molar refractivity (Wildman–Crippen MR) is 50.2 cm³/mol. The molecule has 0 spiro atoms. The Bertz CT molecular complexity index is 161. The van der Waals surface area contributed by atoms with Crippen LogP contribution in [0.1, 0.15) is 20.8 Å². The largest absolute Gasteiger partial charge is 0.0926 e. The number of hydrogen-bond acceptors (Lipinski definition) is 0. The Kier molecular flexibility index (Phi) is 4.47. The molecule has 0 saturated heterocycles. The molecule has 0 aromatic carbocycles. The van der Waals surface area contributed by atoms with Gasteiger partial charge in [0.05, 0.1) is 0 Å². The van der Waals surface area contributed by atoms with Crippen molar-refractivity contribution in [2.24, 2.45) is 5.41 Å². The van der Waals surface area contributed by atoms with Crippen molar-refractivity contribution in [3.63, 3.8) is 0 Å². The molecule has 0 fully saturated rings. The summed E-state index contributed by atoms with van der Waals surface area (Å²) < 4.78 is 0. The van der Waals surface area contributed by atoms with Crippen molar-refractivity contribution in [2.75, 3.05) is 5.33 Å². The number of hydrogen-bond donors (Lipinski definition) is 0. The molecule has 1 heteroatoms. The van der Waals surface area contributed by atoms with Gasteiger partial charge in [0.15, 0.2) is 0 Å². The van der Waals surface area contributed by atoms with Crippen LogP contribution in [-0.4, -0.2) is 5.33 Å². The van der Waals surface area contributed by atoms with Gasteiger partial charge in [0.25, 0.3) is 0 Å². The minimum Gasteiger partial charge on any atom is -0.0926 e. The van der Waals surface area contributed by atoms with Gasteiger partial charge in [-0.05, 0) is 26.8 Å². The van der Waals surface area contributed by atoms with E-state index in [9.17, 15) is 0 Å². The lowest BCUT2D eigenvalue weighted by Crippen LogP contribution is -1.98. The van der Waals surface area contributed by atoms with Crippen molar-refractivity contribution in [2.45, 2.75) is 20.8 Å². The molecule has 0 N–H and O–H groups in total. The van der Waals surface area contributed by atoms with Crippen LogP contribution in [0, 0.1) is 17.3 Å². The Morgan fingerprint density at radius 2 is 2.00 bits per heavy atom. The smallest absolute Gasteiger partial charge is 0.0233 e. The number of allylic oxidation sites excluding steroid dienone is 2. The van der Waals surface area contributed by atoms with Gasteiger partial charge in [0, 0.05) is 10.7 Å². The summed E-state index contributed by atoms with van der Waals surface area (Å²) in [4.78, 5) is 0. The van der Waals surface area contributed by atoms with Crippen molar-refractivity contribution < 1.29 is 0 Å². The normalized spacial score (nSPS) is 11.2. The van der Waals surface area contributed by atoms with Gasteiger partial charge in [-0.15, -0.1) is 0 Å². The van der Waals surface area contributed by atoms with Crippen molar-refractivity contribution in [3.05, 3.63) is 12.2 Å². The summed E-state index contributed by atoms with van der Waals surface area (Å²) in [5, 5.41) is 0.881. The van der Waals surface area contributed by atoms with E-state index in [0.717, 1.165) is 5.33 Å². The van der Waals surface area contributed by atoms with E-state index in [4.69, 9.17) is 0 Å². The van der Waals surface area contributed by atoms with Crippen LogP contribution in [-0.2, 0) is 0 Å². The Balaban J connectivity index is 3.81. The number of halogens is 1. The van der Waals surface area contributed by atoms with Gasteiger partial charge in [-0.25, -0.2) is 0 Å². The van der Waals surface area contributed by atoms with Crippen molar-refractivity contribution in [3.8, 4) is 11.8 Å². The van der Waals surface area contributed by atoms with Gasteiger partial charge in [-0.1, -0.05) is 33.8 Å². The molecular weight excluding hydrogens is 188 g/mol. The molecule has 0 amide bonds. The monoisotopic (exact) mass is 200 g/mol. The maximum absolute atomic E-state index is 3.28. The third-order valence-corrected chi connectivity index (χ3v) is 1.11. The van der Waals surface area contributed by atoms with E-state index in [-0.39, 0.29) is 5.41 Å². The molecule has 0 heterocycles. The van der Waals surface area contributed by atoms with Crippen LogP contribution < -0.4 is 0 Å². The molecule has 0 bridgehead atoms. The van der Waals surface area contributed by atoms with E-state index in [1.54, 1.807) is 0 Å². The topological polar surface area (TPSA) is 0 Å². The summed E-state index contributed by atoms with van der Waals surface area (Å²) in [7, 11) is 0. The Morgan fingerprint density at radius 1 is 1.40 bits per heavy atom. The molecule has 0 nitrogen and oxygen atoms in total. The van der Waals surface area contributed by atoms with Crippen molar-refractivity contribution >= 4 is 15.9 Å². The summed E-state index contributed by atoms with van der Waals surface area (Å²) in [6.45, 7) is 6.30. The van der Waals surface area contributed by atoms with E-state index in [0.29, 0.717) is 0 Å². The van der Waals surface area contributed by atoms with Crippen LogP contribution in [0.25, 0.3) is 0 Å². The highest BCUT2D eigenvalue weighted by molar-refractivity contribution is 9.09. The molecule has 0 atom stereocenters. The molecule has 0 aliphatic rings. The molecule has 0 aliphatic carbocycles. The number of alkyl halides is 1. The molecule has 0 aliphatic heterocycles. The average molecular weight is 201 g/mol. The maximum Gasteiger partial charge on any atom is 0.0233 e. The molecule has 56 valence electrons. The van der Waals surface area contributed by atoms with Gasteiger partial charge < -0.3 is 0 Å². The Labute approximate surface area is 71.8 Å². The lowest BCUT2D eigenvalue weighted by molar-refractivity contribution is 0.571. The standard InChI is InChI=1S/C9H13Br/c1-9(2,3)7-5-4-6-8-10/h4,6H,8H2,1-3H3/b6-4+.